The first-order valence-corrected chi connectivity index (χ1v) is 10.3. The van der Waals surface area contributed by atoms with Crippen molar-refractivity contribution < 1.29 is 20.4 Å². The van der Waals surface area contributed by atoms with E-state index < -0.39 is 12.2 Å². The zero-order chi connectivity index (χ0) is 22.8. The highest BCUT2D eigenvalue weighted by atomic mass is 16.3. The lowest BCUT2D eigenvalue weighted by molar-refractivity contribution is 0.0172. The fourth-order valence-corrected chi connectivity index (χ4v) is 3.10. The summed E-state index contributed by atoms with van der Waals surface area (Å²) in [6.45, 7) is 0. The van der Waals surface area contributed by atoms with E-state index in [0.717, 1.165) is 16.7 Å². The Kier molecular flexibility index (Phi) is 8.21. The van der Waals surface area contributed by atoms with Crippen LogP contribution >= 0.6 is 0 Å². The number of aromatic hydroxyl groups is 2. The van der Waals surface area contributed by atoms with Gasteiger partial charge in [-0.1, -0.05) is 115 Å². The number of hydrogen-bond acceptors (Lipinski definition) is 4. The number of aliphatic hydroxyl groups excluding tert-OH is 2. The summed E-state index contributed by atoms with van der Waals surface area (Å²) in [4.78, 5) is 0. The highest BCUT2D eigenvalue weighted by Crippen LogP contribution is 2.29. The van der Waals surface area contributed by atoms with E-state index in [0.29, 0.717) is 5.56 Å². The number of aliphatic hydroxyl groups is 2. The molecule has 0 fully saturated rings. The summed E-state index contributed by atoms with van der Waals surface area (Å²) in [5.74, 6) is -0.190. The van der Waals surface area contributed by atoms with Gasteiger partial charge in [0.05, 0.1) is 0 Å². The molecule has 0 aromatic heterocycles. The third-order valence-corrected chi connectivity index (χ3v) is 4.88. The highest BCUT2D eigenvalue weighted by molar-refractivity contribution is 5.73. The molecule has 0 aliphatic heterocycles. The molecule has 0 spiro atoms. The second-order valence-corrected chi connectivity index (χ2v) is 7.17. The van der Waals surface area contributed by atoms with Gasteiger partial charge in [-0.2, -0.15) is 0 Å². The predicted molar refractivity (Wildman–Crippen MR) is 128 cm³/mol. The van der Waals surface area contributed by atoms with E-state index in [9.17, 15) is 20.4 Å². The minimum absolute atomic E-state index is 0.0883. The van der Waals surface area contributed by atoms with E-state index in [1.807, 2.05) is 72.8 Å². The molecule has 4 N–H and O–H groups in total. The smallest absolute Gasteiger partial charge is 0.164 e. The van der Waals surface area contributed by atoms with Crippen LogP contribution in [0, 0.1) is 0 Å². The van der Waals surface area contributed by atoms with Gasteiger partial charge in [-0.3, -0.25) is 0 Å². The van der Waals surface area contributed by atoms with E-state index in [4.69, 9.17) is 0 Å². The number of hydrogen-bond donors (Lipinski definition) is 4. The summed E-state index contributed by atoms with van der Waals surface area (Å²) in [5, 5.41) is 38.9. The molecule has 0 saturated carbocycles. The van der Waals surface area contributed by atoms with E-state index in [1.54, 1.807) is 42.5 Å². The molecule has 2 unspecified atom stereocenters. The Bertz CT molecular complexity index is 1070. The van der Waals surface area contributed by atoms with Crippen molar-refractivity contribution in [3.63, 3.8) is 0 Å². The van der Waals surface area contributed by atoms with Gasteiger partial charge in [-0.15, -0.1) is 0 Å². The number of phenolic OH excluding ortho intramolecular Hbond substituents is 2. The summed E-state index contributed by atoms with van der Waals surface area (Å²) >= 11 is 0. The van der Waals surface area contributed by atoms with Crippen LogP contribution in [0.1, 0.15) is 34.5 Å². The zero-order valence-corrected chi connectivity index (χ0v) is 17.5. The summed E-state index contributed by atoms with van der Waals surface area (Å²) in [5.41, 5.74) is 3.09. The monoisotopic (exact) mass is 426 g/mol. The van der Waals surface area contributed by atoms with Crippen LogP contribution in [0.3, 0.4) is 0 Å². The van der Waals surface area contributed by atoms with Gasteiger partial charge in [0.1, 0.15) is 12.2 Å². The molecule has 0 saturated heterocycles. The van der Waals surface area contributed by atoms with Gasteiger partial charge in [0.2, 0.25) is 0 Å². The molecule has 32 heavy (non-hydrogen) atoms. The van der Waals surface area contributed by atoms with Gasteiger partial charge >= 0.3 is 0 Å². The molecule has 4 aromatic rings. The molecule has 162 valence electrons. The third-order valence-electron chi connectivity index (χ3n) is 4.88. The van der Waals surface area contributed by atoms with Crippen molar-refractivity contribution in [1.82, 2.24) is 0 Å². The molecule has 0 aliphatic rings. The van der Waals surface area contributed by atoms with Crippen molar-refractivity contribution in [3.05, 3.63) is 131 Å². The van der Waals surface area contributed by atoms with Gasteiger partial charge < -0.3 is 20.4 Å². The van der Waals surface area contributed by atoms with Crippen molar-refractivity contribution in [2.24, 2.45) is 0 Å². The molecule has 4 aromatic carbocycles. The molecule has 4 nitrogen and oxygen atoms in total. The topological polar surface area (TPSA) is 80.9 Å². The highest BCUT2D eigenvalue weighted by Gasteiger charge is 2.19. The van der Waals surface area contributed by atoms with Gasteiger partial charge in [-0.05, 0) is 22.8 Å². The average Bonchev–Trinajstić information content (AvgIpc) is 2.86. The van der Waals surface area contributed by atoms with Crippen LogP contribution in [-0.2, 0) is 0 Å². The van der Waals surface area contributed by atoms with Crippen molar-refractivity contribution in [2.75, 3.05) is 0 Å². The van der Waals surface area contributed by atoms with Gasteiger partial charge in [-0.25, -0.2) is 0 Å². The maximum Gasteiger partial charge on any atom is 0.164 e. The lowest BCUT2D eigenvalue weighted by Crippen LogP contribution is -2.09. The Hall–Kier alpha value is -3.86. The molecule has 0 aliphatic carbocycles. The van der Waals surface area contributed by atoms with Gasteiger partial charge in [0, 0.05) is 5.56 Å². The van der Waals surface area contributed by atoms with Crippen molar-refractivity contribution in [1.29, 1.82) is 0 Å². The second kappa shape index (κ2) is 11.5. The van der Waals surface area contributed by atoms with E-state index in [1.165, 1.54) is 6.07 Å². The maximum absolute atomic E-state index is 9.99. The Morgan fingerprint density at radius 2 is 0.969 bits per heavy atom. The zero-order valence-electron chi connectivity index (χ0n) is 17.5. The summed E-state index contributed by atoms with van der Waals surface area (Å²) in [7, 11) is 0. The average molecular weight is 427 g/mol. The van der Waals surface area contributed by atoms with Gasteiger partial charge in [0.15, 0.2) is 11.5 Å². The second-order valence-electron chi connectivity index (χ2n) is 7.17. The van der Waals surface area contributed by atoms with Crippen LogP contribution in [-0.4, -0.2) is 20.4 Å². The lowest BCUT2D eigenvalue weighted by atomic mass is 9.99. The van der Waals surface area contributed by atoms with E-state index >= 15 is 0 Å². The quantitative estimate of drug-likeness (QED) is 0.243. The molecule has 0 bridgehead atoms. The van der Waals surface area contributed by atoms with Gasteiger partial charge in [0.25, 0.3) is 0 Å². The fraction of sp³-hybridized carbons (Fsp3) is 0.0714. The first-order chi connectivity index (χ1) is 15.6. The number of para-hydroxylation sites is 1. The Morgan fingerprint density at radius 3 is 1.47 bits per heavy atom. The molecule has 0 heterocycles. The molecule has 0 radical (unpaired) electrons. The lowest BCUT2D eigenvalue weighted by Gasteiger charge is -2.18. The first-order valence-electron chi connectivity index (χ1n) is 10.3. The maximum atomic E-state index is 9.99. The Morgan fingerprint density at radius 1 is 0.500 bits per heavy atom. The SMILES string of the molecule is OC(c1ccccc1)C(O)c1ccccc1.Oc1cccc(C=Cc2ccccc2)c1O. The van der Waals surface area contributed by atoms with Crippen molar-refractivity contribution in [2.45, 2.75) is 12.2 Å². The molecule has 4 rings (SSSR count). The van der Waals surface area contributed by atoms with Crippen molar-refractivity contribution in [3.8, 4) is 11.5 Å². The van der Waals surface area contributed by atoms with Crippen LogP contribution in [0.25, 0.3) is 12.2 Å². The van der Waals surface area contributed by atoms with Crippen LogP contribution in [0.4, 0.5) is 0 Å². The normalized spacial score (nSPS) is 12.6. The van der Waals surface area contributed by atoms with E-state index in [2.05, 4.69) is 0 Å². The number of rotatable bonds is 5. The third kappa shape index (κ3) is 6.32. The predicted octanol–water partition coefficient (Wildman–Crippen LogP) is 5.72. The van der Waals surface area contributed by atoms with Crippen LogP contribution in [0.5, 0.6) is 11.5 Å². The molecular formula is C28H26O4. The minimum Gasteiger partial charge on any atom is -0.504 e. The van der Waals surface area contributed by atoms with Crippen molar-refractivity contribution >= 4 is 12.2 Å². The fourth-order valence-electron chi connectivity index (χ4n) is 3.10. The summed E-state index contributed by atoms with van der Waals surface area (Å²) in [6.07, 6.45) is 1.88. The number of benzene rings is 4. The Labute approximate surface area is 188 Å². The number of phenols is 2. The molecule has 4 heteroatoms. The molecule has 0 amide bonds. The minimum atomic E-state index is -0.886. The molecular weight excluding hydrogens is 400 g/mol. The molecule has 2 atom stereocenters. The summed E-state index contributed by atoms with van der Waals surface area (Å²) < 4.78 is 0. The standard InChI is InChI=1S/C14H14O2.C14H12O2/c15-13(11-7-3-1-4-8-11)14(16)12-9-5-2-6-10-12;15-13-8-4-7-12(14(13)16)10-9-11-5-2-1-3-6-11/h1-10,13-16H;1-10,15-16H. The van der Waals surface area contributed by atoms with E-state index in [-0.39, 0.29) is 11.5 Å². The van der Waals surface area contributed by atoms with Crippen LogP contribution < -0.4 is 0 Å². The first kappa shape index (κ1) is 22.8. The summed E-state index contributed by atoms with van der Waals surface area (Å²) in [6, 6.07) is 33.0. The Balaban J connectivity index is 0.000000181. The van der Waals surface area contributed by atoms with Crippen LogP contribution in [0.15, 0.2) is 109 Å². The van der Waals surface area contributed by atoms with Crippen LogP contribution in [0.2, 0.25) is 0 Å². The largest absolute Gasteiger partial charge is 0.504 e.